The van der Waals surface area contributed by atoms with Crippen LogP contribution in [-0.4, -0.2) is 50.4 Å². The van der Waals surface area contributed by atoms with E-state index in [4.69, 9.17) is 24.7 Å². The van der Waals surface area contributed by atoms with Gasteiger partial charge in [0.05, 0.1) is 12.9 Å². The number of aromatic nitrogens is 4. The summed E-state index contributed by atoms with van der Waals surface area (Å²) in [5, 5.41) is 0. The number of anilines is 1. The number of nitrogens with zero attached hydrogens (tertiary/aromatic N) is 3. The number of ether oxygens (including phenoxy) is 4. The normalized spacial score (nSPS) is 17.9. The lowest BCUT2D eigenvalue weighted by Gasteiger charge is -2.40. The van der Waals surface area contributed by atoms with E-state index >= 15 is 0 Å². The predicted molar refractivity (Wildman–Crippen MR) is 231 cm³/mol. The molecule has 0 bridgehead atoms. The Kier molecular flexibility index (Phi) is 10.8. The number of nitrogen functional groups attached to an aromatic ring is 1. The number of rotatable bonds is 13. The maximum atomic E-state index is 13.4. The van der Waals surface area contributed by atoms with Crippen molar-refractivity contribution in [2.45, 2.75) is 42.7 Å². The third-order valence-corrected chi connectivity index (χ3v) is 11.2. The fourth-order valence-electron chi connectivity index (χ4n) is 8.56. The van der Waals surface area contributed by atoms with E-state index in [0.717, 1.165) is 33.4 Å². The van der Waals surface area contributed by atoms with Crippen LogP contribution in [0.2, 0.25) is 0 Å². The fourth-order valence-corrected chi connectivity index (χ4v) is 8.56. The van der Waals surface area contributed by atoms with Gasteiger partial charge in [0.15, 0.2) is 23.5 Å². The highest BCUT2D eigenvalue weighted by atomic mass is 16.6. The third-order valence-electron chi connectivity index (χ3n) is 11.2. The van der Waals surface area contributed by atoms with Gasteiger partial charge in [-0.2, -0.15) is 4.98 Å². The van der Waals surface area contributed by atoms with Crippen LogP contribution in [0.4, 0.5) is 5.95 Å². The summed E-state index contributed by atoms with van der Waals surface area (Å²) in [6, 6.07) is 59.6. The van der Waals surface area contributed by atoms with Crippen LogP contribution in [0.5, 0.6) is 0 Å². The van der Waals surface area contributed by atoms with Gasteiger partial charge in [-0.25, -0.2) is 4.98 Å². The Bertz CT molecular complexity index is 2580. The number of nitrogens with one attached hydrogen (secondary N) is 1. The van der Waals surface area contributed by atoms with Gasteiger partial charge in [-0.1, -0.05) is 182 Å². The molecular formula is C50H43N5O6. The second-order valence-corrected chi connectivity index (χ2v) is 14.9. The van der Waals surface area contributed by atoms with Crippen molar-refractivity contribution in [2.75, 3.05) is 12.3 Å². The van der Waals surface area contributed by atoms with Crippen LogP contribution in [0.25, 0.3) is 11.2 Å². The number of carbonyl (C=O) groups excluding carboxylic acids is 1. The number of H-pyrrole nitrogens is 1. The highest BCUT2D eigenvalue weighted by Gasteiger charge is 2.54. The highest BCUT2D eigenvalue weighted by Crippen LogP contribution is 2.48. The maximum absolute atomic E-state index is 13.4. The maximum Gasteiger partial charge on any atom is 0.303 e. The van der Waals surface area contributed by atoms with E-state index in [1.54, 1.807) is 4.57 Å². The molecule has 11 nitrogen and oxygen atoms in total. The van der Waals surface area contributed by atoms with Crippen molar-refractivity contribution in [2.24, 2.45) is 0 Å². The first-order chi connectivity index (χ1) is 29.9. The second kappa shape index (κ2) is 16.8. The zero-order valence-corrected chi connectivity index (χ0v) is 33.3. The molecule has 6 aromatic carbocycles. The standard InChI is InChI=1S/C50H43N5O6/c1-34(56)59-43-41(32-58-49(35-20-8-2-9-21-35,36-22-10-3-11-23-36)37-24-12-4-13-25-37)60-47(55-33-52-42-45(55)53-48(51)54-46(42)57)44(43)61-50(38-26-14-5-15-27-38,39-28-16-6-17-29-39)40-30-18-7-19-31-40/h2-31,33,41,43-44,47H,32H2,1H3,(H3,51,53,54,57)/t41-,43+,44-,47-/m1/s1. The van der Waals surface area contributed by atoms with Crippen LogP contribution in [0.3, 0.4) is 0 Å². The zero-order chi connectivity index (χ0) is 41.8. The monoisotopic (exact) mass is 809 g/mol. The Balaban J connectivity index is 1.24. The molecule has 9 rings (SSSR count). The molecule has 3 heterocycles. The molecule has 8 aromatic rings. The molecule has 1 saturated heterocycles. The van der Waals surface area contributed by atoms with Crippen LogP contribution in [0.15, 0.2) is 193 Å². The van der Waals surface area contributed by atoms with E-state index in [1.807, 2.05) is 182 Å². The Morgan fingerprint density at radius 2 is 1.07 bits per heavy atom. The first-order valence-electron chi connectivity index (χ1n) is 20.1. The van der Waals surface area contributed by atoms with Crippen molar-refractivity contribution in [1.82, 2.24) is 19.5 Å². The molecule has 3 N–H and O–H groups in total. The Morgan fingerprint density at radius 3 is 1.48 bits per heavy atom. The van der Waals surface area contributed by atoms with Gasteiger partial charge in [-0.15, -0.1) is 0 Å². The average Bonchev–Trinajstić information content (AvgIpc) is 3.88. The van der Waals surface area contributed by atoms with Crippen LogP contribution in [-0.2, 0) is 34.9 Å². The molecule has 0 saturated carbocycles. The minimum Gasteiger partial charge on any atom is -0.457 e. The van der Waals surface area contributed by atoms with Gasteiger partial charge in [0, 0.05) is 6.92 Å². The molecule has 4 atom stereocenters. The molecule has 1 aliphatic heterocycles. The molecule has 0 unspecified atom stereocenters. The molecule has 0 aliphatic carbocycles. The van der Waals surface area contributed by atoms with Gasteiger partial charge in [0.2, 0.25) is 5.95 Å². The van der Waals surface area contributed by atoms with Crippen LogP contribution in [0.1, 0.15) is 46.5 Å². The van der Waals surface area contributed by atoms with Gasteiger partial charge >= 0.3 is 5.97 Å². The van der Waals surface area contributed by atoms with Crippen molar-refractivity contribution in [3.8, 4) is 0 Å². The molecule has 0 radical (unpaired) electrons. The molecule has 61 heavy (non-hydrogen) atoms. The summed E-state index contributed by atoms with van der Waals surface area (Å²) in [5.41, 5.74) is 8.52. The van der Waals surface area contributed by atoms with Crippen molar-refractivity contribution in [1.29, 1.82) is 0 Å². The molecule has 11 heteroatoms. The Morgan fingerprint density at radius 1 is 0.656 bits per heavy atom. The minimum absolute atomic E-state index is 0.0528. The summed E-state index contributed by atoms with van der Waals surface area (Å²) < 4.78 is 30.0. The van der Waals surface area contributed by atoms with E-state index in [0.29, 0.717) is 0 Å². The lowest BCUT2D eigenvalue weighted by Crippen LogP contribution is -2.46. The molecule has 2 aromatic heterocycles. The van der Waals surface area contributed by atoms with Gasteiger partial charge in [0.25, 0.3) is 5.56 Å². The number of benzene rings is 6. The number of esters is 1. The molecule has 0 spiro atoms. The summed E-state index contributed by atoms with van der Waals surface area (Å²) in [6.45, 7) is 1.28. The van der Waals surface area contributed by atoms with E-state index in [9.17, 15) is 9.59 Å². The number of nitrogens with two attached hydrogens (primary N) is 1. The molecule has 304 valence electrons. The van der Waals surface area contributed by atoms with Crippen LogP contribution < -0.4 is 11.3 Å². The fraction of sp³-hybridized carbons (Fsp3) is 0.160. The van der Waals surface area contributed by atoms with E-state index in [2.05, 4.69) is 15.0 Å². The lowest BCUT2D eigenvalue weighted by molar-refractivity contribution is -0.164. The average molecular weight is 810 g/mol. The SMILES string of the molecule is CC(=O)O[C@@H]1[C@@H](OC(c2ccccc2)(c2ccccc2)c2ccccc2)[C@H](n2cnc3c(=O)[nH]c(N)nc32)O[C@@H]1COC(c1ccccc1)(c1ccccc1)c1ccccc1. The number of hydrogen-bond donors (Lipinski definition) is 2. The lowest BCUT2D eigenvalue weighted by atomic mass is 9.79. The molecule has 1 aliphatic rings. The number of hydrogen-bond acceptors (Lipinski definition) is 9. The smallest absolute Gasteiger partial charge is 0.303 e. The van der Waals surface area contributed by atoms with Gasteiger partial charge < -0.3 is 24.7 Å². The number of imidazole rings is 1. The van der Waals surface area contributed by atoms with E-state index in [-0.39, 0.29) is 23.7 Å². The molecular weight excluding hydrogens is 767 g/mol. The van der Waals surface area contributed by atoms with Crippen molar-refractivity contribution in [3.05, 3.63) is 232 Å². The minimum atomic E-state index is -1.29. The number of fused-ring (bicyclic) bond motifs is 1. The quantitative estimate of drug-likeness (QED) is 0.0877. The van der Waals surface area contributed by atoms with Crippen molar-refractivity contribution in [3.63, 3.8) is 0 Å². The van der Waals surface area contributed by atoms with Gasteiger partial charge in [-0.3, -0.25) is 19.1 Å². The van der Waals surface area contributed by atoms with Crippen molar-refractivity contribution >= 4 is 23.1 Å². The predicted octanol–water partition coefficient (Wildman–Crippen LogP) is 7.92. The van der Waals surface area contributed by atoms with E-state index in [1.165, 1.54) is 13.3 Å². The van der Waals surface area contributed by atoms with E-state index < -0.39 is 47.3 Å². The van der Waals surface area contributed by atoms with Crippen LogP contribution in [0, 0.1) is 0 Å². The third kappa shape index (κ3) is 7.29. The first kappa shape index (κ1) is 39.3. The number of aromatic amines is 1. The van der Waals surface area contributed by atoms with Gasteiger partial charge in [0.1, 0.15) is 23.4 Å². The largest absolute Gasteiger partial charge is 0.457 e. The Labute approximate surface area is 352 Å². The second-order valence-electron chi connectivity index (χ2n) is 14.9. The molecule has 0 amide bonds. The zero-order valence-electron chi connectivity index (χ0n) is 33.3. The number of carbonyl (C=O) groups is 1. The molecule has 1 fully saturated rings. The van der Waals surface area contributed by atoms with Crippen LogP contribution >= 0.6 is 0 Å². The summed E-state index contributed by atoms with van der Waals surface area (Å²) in [7, 11) is 0. The topological polar surface area (TPSA) is 144 Å². The summed E-state index contributed by atoms with van der Waals surface area (Å²) in [5.74, 6) is -0.649. The highest BCUT2D eigenvalue weighted by molar-refractivity contribution is 5.71. The summed E-state index contributed by atoms with van der Waals surface area (Å²) in [6.07, 6.45) is -2.69. The Hall–Kier alpha value is -7.18. The summed E-state index contributed by atoms with van der Waals surface area (Å²) >= 11 is 0. The van der Waals surface area contributed by atoms with Crippen molar-refractivity contribution < 1.29 is 23.7 Å². The summed E-state index contributed by atoms with van der Waals surface area (Å²) in [4.78, 5) is 38.0. The van der Waals surface area contributed by atoms with Gasteiger partial charge in [-0.05, 0) is 33.4 Å². The first-order valence-corrected chi connectivity index (χ1v) is 20.1.